The lowest BCUT2D eigenvalue weighted by molar-refractivity contribution is 0.279. The number of H-pyrrole nitrogens is 1. The van der Waals surface area contributed by atoms with E-state index in [1.165, 1.54) is 11.8 Å². The van der Waals surface area contributed by atoms with Crippen molar-refractivity contribution >= 4 is 0 Å². The molecular weight excluding hydrogens is 216 g/mol. The Kier molecular flexibility index (Phi) is 3.35. The minimum atomic E-state index is -0.294. The van der Waals surface area contributed by atoms with E-state index in [1.807, 2.05) is 24.3 Å². The number of aromatic nitrogens is 2. The number of benzene rings is 1. The third-order valence-corrected chi connectivity index (χ3v) is 2.68. The first kappa shape index (κ1) is 11.5. The molecule has 0 spiro atoms. The maximum atomic E-state index is 11.5. The van der Waals surface area contributed by atoms with Crippen LogP contribution < -0.4 is 5.56 Å². The highest BCUT2D eigenvalue weighted by molar-refractivity contribution is 5.55. The summed E-state index contributed by atoms with van der Waals surface area (Å²) in [4.78, 5) is 18.3. The molecule has 0 aliphatic carbocycles. The molecule has 1 heterocycles. The molecule has 88 valence electrons. The summed E-state index contributed by atoms with van der Waals surface area (Å²) in [5.41, 5.74) is 2.09. The fourth-order valence-electron chi connectivity index (χ4n) is 1.58. The molecule has 0 atom stereocenters. The Hall–Kier alpha value is -1.94. The molecule has 0 saturated heterocycles. The summed E-state index contributed by atoms with van der Waals surface area (Å²) in [5.74, 6) is 0.523. The van der Waals surface area contributed by atoms with Gasteiger partial charge < -0.3 is 10.1 Å². The lowest BCUT2D eigenvalue weighted by Gasteiger charge is -2.03. The van der Waals surface area contributed by atoms with E-state index in [0.29, 0.717) is 5.82 Å². The number of rotatable bonds is 3. The van der Waals surface area contributed by atoms with Gasteiger partial charge in [-0.3, -0.25) is 4.79 Å². The van der Waals surface area contributed by atoms with E-state index in [1.54, 1.807) is 0 Å². The Balaban J connectivity index is 2.39. The second-order valence-electron chi connectivity index (χ2n) is 3.79. The standard InChI is InChI=1S/C13H14N2O2/c1-2-9-3-5-10(6-4-9)12-14-7-11(8-16)13(17)15-12/h3-7,16H,2,8H2,1H3,(H,14,15,17). The van der Waals surface area contributed by atoms with E-state index < -0.39 is 0 Å². The fourth-order valence-corrected chi connectivity index (χ4v) is 1.58. The summed E-state index contributed by atoms with van der Waals surface area (Å²) >= 11 is 0. The maximum absolute atomic E-state index is 11.5. The third kappa shape index (κ3) is 2.42. The fraction of sp³-hybridized carbons (Fsp3) is 0.231. The molecule has 0 fully saturated rings. The van der Waals surface area contributed by atoms with Gasteiger partial charge in [0.2, 0.25) is 0 Å². The first-order valence-electron chi connectivity index (χ1n) is 5.53. The second kappa shape index (κ2) is 4.93. The molecule has 1 aromatic heterocycles. The van der Waals surface area contributed by atoms with Crippen LogP contribution in [0.2, 0.25) is 0 Å². The van der Waals surface area contributed by atoms with Gasteiger partial charge in [0.1, 0.15) is 5.82 Å². The van der Waals surface area contributed by atoms with Gasteiger partial charge in [-0.15, -0.1) is 0 Å². The van der Waals surface area contributed by atoms with Crippen molar-refractivity contribution in [1.82, 2.24) is 9.97 Å². The first-order chi connectivity index (χ1) is 8.24. The zero-order chi connectivity index (χ0) is 12.3. The van der Waals surface area contributed by atoms with E-state index >= 15 is 0 Å². The Morgan fingerprint density at radius 1 is 1.29 bits per heavy atom. The topological polar surface area (TPSA) is 66.0 Å². The molecule has 0 amide bonds. The van der Waals surface area contributed by atoms with Crippen LogP contribution in [0.4, 0.5) is 0 Å². The third-order valence-electron chi connectivity index (χ3n) is 2.68. The molecule has 0 unspecified atom stereocenters. The molecule has 2 rings (SSSR count). The van der Waals surface area contributed by atoms with Crippen LogP contribution in [0.15, 0.2) is 35.3 Å². The number of nitrogens with zero attached hydrogens (tertiary/aromatic N) is 1. The molecule has 0 bridgehead atoms. The maximum Gasteiger partial charge on any atom is 0.256 e. The zero-order valence-corrected chi connectivity index (χ0v) is 9.60. The molecule has 0 radical (unpaired) electrons. The van der Waals surface area contributed by atoms with Gasteiger partial charge in [0.15, 0.2) is 0 Å². The van der Waals surface area contributed by atoms with Gasteiger partial charge in [-0.1, -0.05) is 31.2 Å². The Morgan fingerprint density at radius 3 is 2.53 bits per heavy atom. The molecule has 2 N–H and O–H groups in total. The van der Waals surface area contributed by atoms with Crippen molar-refractivity contribution in [3.63, 3.8) is 0 Å². The van der Waals surface area contributed by atoms with Gasteiger partial charge in [0.25, 0.3) is 5.56 Å². The molecule has 0 saturated carbocycles. The highest BCUT2D eigenvalue weighted by atomic mass is 16.3. The predicted molar refractivity (Wildman–Crippen MR) is 65.6 cm³/mol. The predicted octanol–water partition coefficient (Wildman–Crippen LogP) is 1.49. The van der Waals surface area contributed by atoms with E-state index in [0.717, 1.165) is 12.0 Å². The van der Waals surface area contributed by atoms with Crippen LogP contribution in [0.5, 0.6) is 0 Å². The molecule has 4 nitrogen and oxygen atoms in total. The number of hydrogen-bond acceptors (Lipinski definition) is 3. The van der Waals surface area contributed by atoms with E-state index in [4.69, 9.17) is 5.11 Å². The lowest BCUT2D eigenvalue weighted by Crippen LogP contribution is -2.14. The van der Waals surface area contributed by atoms with Gasteiger partial charge in [0.05, 0.1) is 12.2 Å². The normalized spacial score (nSPS) is 10.5. The van der Waals surface area contributed by atoms with Gasteiger partial charge in [-0.2, -0.15) is 0 Å². The lowest BCUT2D eigenvalue weighted by atomic mass is 10.1. The van der Waals surface area contributed by atoms with Crippen LogP contribution in [0.3, 0.4) is 0 Å². The molecule has 17 heavy (non-hydrogen) atoms. The number of nitrogens with one attached hydrogen (secondary N) is 1. The molecule has 4 heteroatoms. The molecular formula is C13H14N2O2. The number of hydrogen-bond donors (Lipinski definition) is 2. The largest absolute Gasteiger partial charge is 0.391 e. The number of aliphatic hydroxyl groups is 1. The summed E-state index contributed by atoms with van der Waals surface area (Å²) in [6, 6.07) is 7.87. The molecule has 0 aliphatic rings. The summed E-state index contributed by atoms with van der Waals surface area (Å²) < 4.78 is 0. The van der Waals surface area contributed by atoms with Crippen molar-refractivity contribution in [3.05, 3.63) is 51.9 Å². The Bertz CT molecular complexity index is 558. The Labute approximate surface area is 99.0 Å². The number of aromatic amines is 1. The summed E-state index contributed by atoms with van der Waals surface area (Å²) in [6.45, 7) is 1.79. The summed E-state index contributed by atoms with van der Waals surface area (Å²) in [7, 11) is 0. The average Bonchev–Trinajstić information content (AvgIpc) is 2.39. The highest BCUT2D eigenvalue weighted by Gasteiger charge is 2.03. The van der Waals surface area contributed by atoms with Crippen LogP contribution >= 0.6 is 0 Å². The Morgan fingerprint density at radius 2 is 2.00 bits per heavy atom. The van der Waals surface area contributed by atoms with Crippen molar-refractivity contribution in [2.45, 2.75) is 20.0 Å². The number of aliphatic hydroxyl groups excluding tert-OH is 1. The minimum Gasteiger partial charge on any atom is -0.391 e. The van der Waals surface area contributed by atoms with Crippen LogP contribution in [0.25, 0.3) is 11.4 Å². The SMILES string of the molecule is CCc1ccc(-c2ncc(CO)c(=O)[nH]2)cc1. The number of aryl methyl sites for hydroxylation is 1. The second-order valence-corrected chi connectivity index (χ2v) is 3.79. The first-order valence-corrected chi connectivity index (χ1v) is 5.53. The van der Waals surface area contributed by atoms with Crippen LogP contribution in [-0.2, 0) is 13.0 Å². The van der Waals surface area contributed by atoms with E-state index in [-0.39, 0.29) is 17.7 Å². The van der Waals surface area contributed by atoms with Crippen molar-refractivity contribution in [2.24, 2.45) is 0 Å². The summed E-state index contributed by atoms with van der Waals surface area (Å²) in [6.07, 6.45) is 2.38. The van der Waals surface area contributed by atoms with Crippen molar-refractivity contribution in [1.29, 1.82) is 0 Å². The molecule has 0 aliphatic heterocycles. The van der Waals surface area contributed by atoms with E-state index in [2.05, 4.69) is 16.9 Å². The average molecular weight is 230 g/mol. The highest BCUT2D eigenvalue weighted by Crippen LogP contribution is 2.14. The molecule has 2 aromatic rings. The van der Waals surface area contributed by atoms with Crippen molar-refractivity contribution in [2.75, 3.05) is 0 Å². The summed E-state index contributed by atoms with van der Waals surface area (Å²) in [5, 5.41) is 8.89. The van der Waals surface area contributed by atoms with Gasteiger partial charge in [0, 0.05) is 11.8 Å². The zero-order valence-electron chi connectivity index (χ0n) is 9.60. The molecule has 1 aromatic carbocycles. The minimum absolute atomic E-state index is 0.277. The quantitative estimate of drug-likeness (QED) is 0.839. The van der Waals surface area contributed by atoms with Crippen LogP contribution in [0.1, 0.15) is 18.1 Å². The van der Waals surface area contributed by atoms with Gasteiger partial charge >= 0.3 is 0 Å². The van der Waals surface area contributed by atoms with Crippen molar-refractivity contribution < 1.29 is 5.11 Å². The monoisotopic (exact) mass is 230 g/mol. The van der Waals surface area contributed by atoms with Crippen molar-refractivity contribution in [3.8, 4) is 11.4 Å². The van der Waals surface area contributed by atoms with Gasteiger partial charge in [-0.25, -0.2) is 4.98 Å². The van der Waals surface area contributed by atoms with Gasteiger partial charge in [-0.05, 0) is 12.0 Å². The van der Waals surface area contributed by atoms with E-state index in [9.17, 15) is 4.79 Å². The van der Waals surface area contributed by atoms with Crippen LogP contribution in [0, 0.1) is 0 Å². The van der Waals surface area contributed by atoms with Crippen LogP contribution in [-0.4, -0.2) is 15.1 Å². The smallest absolute Gasteiger partial charge is 0.256 e.